The third kappa shape index (κ3) is 2.51. The maximum atomic E-state index is 9.14. The lowest BCUT2D eigenvalue weighted by Gasteiger charge is -2.05. The minimum atomic E-state index is 0.159. The number of hydrogen-bond acceptors (Lipinski definition) is 1. The first kappa shape index (κ1) is 12.1. The number of aliphatic hydroxyl groups is 1. The van der Waals surface area contributed by atoms with Gasteiger partial charge in [-0.1, -0.05) is 13.0 Å². The van der Waals surface area contributed by atoms with Crippen LogP contribution in [0.5, 0.6) is 0 Å². The number of aromatic nitrogens is 1. The predicted molar refractivity (Wildman–Crippen MR) is 64.9 cm³/mol. The van der Waals surface area contributed by atoms with Crippen LogP contribution in [-0.2, 0) is 6.54 Å². The normalized spacial score (nSPS) is 12.2. The van der Waals surface area contributed by atoms with Gasteiger partial charge in [-0.25, -0.2) is 0 Å². The molecule has 1 aromatic rings. The molecule has 0 unspecified atom stereocenters. The molecule has 0 bridgehead atoms. The summed E-state index contributed by atoms with van der Waals surface area (Å²) in [6.45, 7) is 9.64. The molecule has 1 rings (SSSR count). The molecule has 0 aliphatic rings. The molecule has 1 heterocycles. The Hall–Kier alpha value is -1.02. The quantitative estimate of drug-likeness (QED) is 0.807. The monoisotopic (exact) mass is 207 g/mol. The van der Waals surface area contributed by atoms with E-state index < -0.39 is 0 Å². The van der Waals surface area contributed by atoms with Crippen LogP contribution < -0.4 is 0 Å². The predicted octanol–water partition coefficient (Wildman–Crippen LogP) is 2.91. The summed E-state index contributed by atoms with van der Waals surface area (Å²) in [5, 5.41) is 9.14. The molecular formula is C13H21NO. The minimum Gasteiger partial charge on any atom is -0.392 e. The summed E-state index contributed by atoms with van der Waals surface area (Å²) >= 11 is 0. The molecule has 0 amide bonds. The van der Waals surface area contributed by atoms with E-state index in [9.17, 15) is 0 Å². The molecule has 0 fully saturated rings. The molecule has 0 saturated heterocycles. The van der Waals surface area contributed by atoms with E-state index >= 15 is 0 Å². The van der Waals surface area contributed by atoms with Crippen LogP contribution in [0.3, 0.4) is 0 Å². The molecule has 0 atom stereocenters. The van der Waals surface area contributed by atoms with Gasteiger partial charge in [0.05, 0.1) is 6.61 Å². The van der Waals surface area contributed by atoms with Crippen LogP contribution in [0.4, 0.5) is 0 Å². The van der Waals surface area contributed by atoms with Crippen molar-refractivity contribution in [3.8, 4) is 0 Å². The zero-order chi connectivity index (χ0) is 11.4. The second-order valence-corrected chi connectivity index (χ2v) is 3.88. The van der Waals surface area contributed by atoms with Gasteiger partial charge < -0.3 is 9.67 Å². The Labute approximate surface area is 92.2 Å². The van der Waals surface area contributed by atoms with Crippen molar-refractivity contribution in [2.45, 2.75) is 40.7 Å². The molecule has 1 aromatic heterocycles. The average molecular weight is 207 g/mol. The molecule has 15 heavy (non-hydrogen) atoms. The number of nitrogens with zero attached hydrogens (tertiary/aromatic N) is 1. The average Bonchev–Trinajstić information content (AvgIpc) is 2.50. The molecule has 0 spiro atoms. The van der Waals surface area contributed by atoms with Gasteiger partial charge in [-0.2, -0.15) is 0 Å². The van der Waals surface area contributed by atoms with Crippen molar-refractivity contribution >= 4 is 6.08 Å². The Morgan fingerprint density at radius 2 is 2.07 bits per heavy atom. The Bertz CT molecular complexity index is 355. The van der Waals surface area contributed by atoms with Gasteiger partial charge in [0.25, 0.3) is 0 Å². The second kappa shape index (κ2) is 5.17. The Morgan fingerprint density at radius 3 is 2.47 bits per heavy atom. The molecule has 0 radical (unpaired) electrons. The van der Waals surface area contributed by atoms with Crippen LogP contribution in [0.2, 0.25) is 0 Å². The van der Waals surface area contributed by atoms with E-state index in [1.807, 2.05) is 0 Å². The van der Waals surface area contributed by atoms with Gasteiger partial charge in [-0.3, -0.25) is 0 Å². The standard InChI is InChI=1S/C13H21NO/c1-5-12(9-15)8-13-7-10(3)14(6-2)11(13)4/h7-8,15H,5-6,9H2,1-4H3. The van der Waals surface area contributed by atoms with E-state index in [0.29, 0.717) is 0 Å². The van der Waals surface area contributed by atoms with E-state index in [2.05, 4.69) is 44.4 Å². The summed E-state index contributed by atoms with van der Waals surface area (Å²) in [5.74, 6) is 0. The first-order chi connectivity index (χ1) is 7.13. The summed E-state index contributed by atoms with van der Waals surface area (Å²) in [4.78, 5) is 0. The molecule has 2 nitrogen and oxygen atoms in total. The number of aryl methyl sites for hydroxylation is 1. The fourth-order valence-electron chi connectivity index (χ4n) is 1.94. The zero-order valence-corrected chi connectivity index (χ0v) is 10.2. The lowest BCUT2D eigenvalue weighted by molar-refractivity contribution is 0.329. The highest BCUT2D eigenvalue weighted by Gasteiger charge is 2.05. The highest BCUT2D eigenvalue weighted by atomic mass is 16.3. The SMILES string of the molecule is CCC(=Cc1cc(C)n(CC)c1C)CO. The molecule has 0 aliphatic carbocycles. The van der Waals surface area contributed by atoms with Crippen LogP contribution >= 0.6 is 0 Å². The van der Waals surface area contributed by atoms with Gasteiger partial charge in [0, 0.05) is 17.9 Å². The van der Waals surface area contributed by atoms with Crippen molar-refractivity contribution in [1.29, 1.82) is 0 Å². The van der Waals surface area contributed by atoms with Gasteiger partial charge in [-0.05, 0) is 44.4 Å². The van der Waals surface area contributed by atoms with Crippen molar-refractivity contribution in [3.63, 3.8) is 0 Å². The minimum absolute atomic E-state index is 0.159. The van der Waals surface area contributed by atoms with Gasteiger partial charge >= 0.3 is 0 Å². The van der Waals surface area contributed by atoms with E-state index in [-0.39, 0.29) is 6.61 Å². The molecular weight excluding hydrogens is 186 g/mol. The summed E-state index contributed by atoms with van der Waals surface area (Å²) in [7, 11) is 0. The first-order valence-electron chi connectivity index (χ1n) is 5.61. The van der Waals surface area contributed by atoms with Crippen LogP contribution in [0.25, 0.3) is 6.08 Å². The summed E-state index contributed by atoms with van der Waals surface area (Å²) in [5.41, 5.74) is 4.90. The van der Waals surface area contributed by atoms with Gasteiger partial charge in [-0.15, -0.1) is 0 Å². The van der Waals surface area contributed by atoms with Crippen molar-refractivity contribution in [2.24, 2.45) is 0 Å². The van der Waals surface area contributed by atoms with Gasteiger partial charge in [0.2, 0.25) is 0 Å². The molecule has 0 aliphatic heterocycles. The fraction of sp³-hybridized carbons (Fsp3) is 0.538. The highest BCUT2D eigenvalue weighted by Crippen LogP contribution is 2.18. The Kier molecular flexibility index (Phi) is 4.15. The summed E-state index contributed by atoms with van der Waals surface area (Å²) in [6.07, 6.45) is 3.01. The maximum Gasteiger partial charge on any atom is 0.0644 e. The maximum absolute atomic E-state index is 9.14. The summed E-state index contributed by atoms with van der Waals surface area (Å²) in [6, 6.07) is 2.18. The number of aliphatic hydroxyl groups excluding tert-OH is 1. The topological polar surface area (TPSA) is 25.2 Å². The lowest BCUT2D eigenvalue weighted by Crippen LogP contribution is -1.98. The number of hydrogen-bond donors (Lipinski definition) is 1. The van der Waals surface area contributed by atoms with Crippen LogP contribution in [0.1, 0.15) is 37.2 Å². The van der Waals surface area contributed by atoms with Crippen molar-refractivity contribution < 1.29 is 5.11 Å². The zero-order valence-electron chi connectivity index (χ0n) is 10.2. The first-order valence-corrected chi connectivity index (χ1v) is 5.61. The smallest absolute Gasteiger partial charge is 0.0644 e. The third-order valence-electron chi connectivity index (χ3n) is 2.95. The van der Waals surface area contributed by atoms with Gasteiger partial charge in [0.15, 0.2) is 0 Å². The molecule has 2 heteroatoms. The van der Waals surface area contributed by atoms with E-state index in [0.717, 1.165) is 18.5 Å². The summed E-state index contributed by atoms with van der Waals surface area (Å²) < 4.78 is 2.29. The molecule has 84 valence electrons. The fourth-order valence-corrected chi connectivity index (χ4v) is 1.94. The Morgan fingerprint density at radius 1 is 1.40 bits per heavy atom. The molecule has 1 N–H and O–H groups in total. The highest BCUT2D eigenvalue weighted by molar-refractivity contribution is 5.56. The van der Waals surface area contributed by atoms with E-state index in [1.165, 1.54) is 17.0 Å². The van der Waals surface area contributed by atoms with E-state index in [4.69, 9.17) is 5.11 Å². The van der Waals surface area contributed by atoms with Crippen molar-refractivity contribution in [3.05, 3.63) is 28.6 Å². The lowest BCUT2D eigenvalue weighted by atomic mass is 10.1. The van der Waals surface area contributed by atoms with Crippen LogP contribution in [0.15, 0.2) is 11.6 Å². The largest absolute Gasteiger partial charge is 0.392 e. The van der Waals surface area contributed by atoms with Crippen LogP contribution in [-0.4, -0.2) is 16.3 Å². The molecule has 0 saturated carbocycles. The van der Waals surface area contributed by atoms with Crippen molar-refractivity contribution in [1.82, 2.24) is 4.57 Å². The Balaban J connectivity index is 3.10. The van der Waals surface area contributed by atoms with E-state index in [1.54, 1.807) is 0 Å². The second-order valence-electron chi connectivity index (χ2n) is 3.88. The van der Waals surface area contributed by atoms with Crippen LogP contribution in [0, 0.1) is 13.8 Å². The number of rotatable bonds is 4. The third-order valence-corrected chi connectivity index (χ3v) is 2.95. The van der Waals surface area contributed by atoms with Crippen molar-refractivity contribution in [2.75, 3.05) is 6.61 Å². The molecule has 0 aromatic carbocycles. The van der Waals surface area contributed by atoms with Gasteiger partial charge in [0.1, 0.15) is 0 Å².